The van der Waals surface area contributed by atoms with E-state index in [-0.39, 0.29) is 5.28 Å². The molecule has 0 atom stereocenters. The number of nitrogens with zero attached hydrogens (tertiary/aromatic N) is 5. The third kappa shape index (κ3) is 5.21. The van der Waals surface area contributed by atoms with Crippen molar-refractivity contribution in [2.24, 2.45) is 0 Å². The quantitative estimate of drug-likeness (QED) is 0.477. The summed E-state index contributed by atoms with van der Waals surface area (Å²) >= 11 is 9.23. The maximum atomic E-state index is 5.77. The molecule has 2 aromatic heterocycles. The van der Waals surface area contributed by atoms with Crippen LogP contribution in [0.15, 0.2) is 47.0 Å². The molecule has 0 radical (unpaired) electrons. The first-order valence-corrected chi connectivity index (χ1v) is 11.7. The van der Waals surface area contributed by atoms with Crippen LogP contribution in [0, 0.1) is 0 Å². The van der Waals surface area contributed by atoms with Crippen LogP contribution in [-0.4, -0.2) is 36.4 Å². The lowest BCUT2D eigenvalue weighted by atomic mass is 10.1. The zero-order valence-corrected chi connectivity index (χ0v) is 17.7. The van der Waals surface area contributed by atoms with Gasteiger partial charge in [-0.05, 0) is 30.0 Å². The van der Waals surface area contributed by atoms with E-state index in [0.717, 1.165) is 44.3 Å². The first-order valence-electron chi connectivity index (χ1n) is 9.38. The van der Waals surface area contributed by atoms with Crippen molar-refractivity contribution in [1.29, 1.82) is 0 Å². The molecule has 3 aromatic rings. The average molecular weight is 430 g/mol. The van der Waals surface area contributed by atoms with E-state index in [1.807, 2.05) is 24.3 Å². The number of hydrogen-bond donors (Lipinski definition) is 0. The number of rotatable bonds is 2. The van der Waals surface area contributed by atoms with Gasteiger partial charge in [0.1, 0.15) is 0 Å². The molecule has 4 rings (SSSR count). The topological polar surface area (TPSA) is 64.5 Å². The van der Waals surface area contributed by atoms with Gasteiger partial charge in [0, 0.05) is 35.0 Å². The van der Waals surface area contributed by atoms with E-state index in [1.165, 1.54) is 32.1 Å². The Labute approximate surface area is 178 Å². The largest absolute Gasteiger partial charge is 0.226 e. The van der Waals surface area contributed by atoms with Crippen LogP contribution < -0.4 is 0 Å². The number of thioether (sulfide) groups is 2. The number of aromatic nitrogens is 5. The summed E-state index contributed by atoms with van der Waals surface area (Å²) in [6, 6.07) is 8.13. The van der Waals surface area contributed by atoms with Crippen molar-refractivity contribution in [3.8, 4) is 22.5 Å². The summed E-state index contributed by atoms with van der Waals surface area (Å²) < 4.78 is 0. The van der Waals surface area contributed by atoms with Crippen LogP contribution in [0.25, 0.3) is 22.5 Å². The van der Waals surface area contributed by atoms with Crippen LogP contribution in [0.5, 0.6) is 0 Å². The molecule has 1 aromatic carbocycles. The molecule has 144 valence electrons. The standard InChI is InChI=1S/C20H20ClN5S2/c21-18-22-12-16(13-23-18)14-6-8-15(9-7-14)17-24-19-26-20(25-17)28-11-5-3-1-2-4-10-27-19/h6-9,12-13H,1-5,10-11H2. The van der Waals surface area contributed by atoms with E-state index in [4.69, 9.17) is 21.6 Å². The van der Waals surface area contributed by atoms with Crippen LogP contribution >= 0.6 is 35.1 Å². The molecule has 28 heavy (non-hydrogen) atoms. The van der Waals surface area contributed by atoms with E-state index in [1.54, 1.807) is 35.9 Å². The summed E-state index contributed by atoms with van der Waals surface area (Å²) in [5, 5.41) is 1.90. The minimum Gasteiger partial charge on any atom is -0.226 e. The molecule has 3 heterocycles. The van der Waals surface area contributed by atoms with Gasteiger partial charge >= 0.3 is 0 Å². The van der Waals surface area contributed by atoms with Gasteiger partial charge in [0.15, 0.2) is 16.1 Å². The normalized spacial score (nSPS) is 15.5. The molecule has 0 fully saturated rings. The molecule has 0 saturated carbocycles. The summed E-state index contributed by atoms with van der Waals surface area (Å²) in [5.41, 5.74) is 2.94. The van der Waals surface area contributed by atoms with Gasteiger partial charge in [0.05, 0.1) is 0 Å². The Morgan fingerprint density at radius 3 is 1.79 bits per heavy atom. The summed E-state index contributed by atoms with van der Waals surface area (Å²) in [7, 11) is 0. The molecular formula is C20H20ClN5S2. The van der Waals surface area contributed by atoms with Gasteiger partial charge in [0.2, 0.25) is 5.28 Å². The van der Waals surface area contributed by atoms with E-state index >= 15 is 0 Å². The van der Waals surface area contributed by atoms with Crippen molar-refractivity contribution in [2.45, 2.75) is 42.4 Å². The number of fused-ring (bicyclic) bond motifs is 2. The monoisotopic (exact) mass is 429 g/mol. The zero-order chi connectivity index (χ0) is 19.2. The first-order chi connectivity index (χ1) is 13.8. The number of hydrogen-bond acceptors (Lipinski definition) is 7. The molecule has 2 bridgehead atoms. The fourth-order valence-corrected chi connectivity index (χ4v) is 4.75. The molecule has 8 heteroatoms. The first kappa shape index (κ1) is 19.6. The lowest BCUT2D eigenvalue weighted by molar-refractivity contribution is 0.660. The second-order valence-corrected chi connectivity index (χ2v) is 8.97. The van der Waals surface area contributed by atoms with Crippen LogP contribution in [0.2, 0.25) is 5.28 Å². The third-order valence-corrected chi connectivity index (χ3v) is 6.50. The van der Waals surface area contributed by atoms with E-state index in [0.29, 0.717) is 0 Å². The van der Waals surface area contributed by atoms with Crippen molar-refractivity contribution in [2.75, 3.05) is 11.5 Å². The minimum atomic E-state index is 0.250. The van der Waals surface area contributed by atoms with E-state index in [9.17, 15) is 0 Å². The van der Waals surface area contributed by atoms with Crippen LogP contribution in [0.1, 0.15) is 32.1 Å². The Morgan fingerprint density at radius 1 is 0.643 bits per heavy atom. The van der Waals surface area contributed by atoms with Crippen molar-refractivity contribution >= 4 is 35.1 Å². The van der Waals surface area contributed by atoms with Gasteiger partial charge in [0.25, 0.3) is 0 Å². The van der Waals surface area contributed by atoms with Gasteiger partial charge in [-0.15, -0.1) is 0 Å². The maximum absolute atomic E-state index is 5.77. The Bertz CT molecular complexity index is 891. The second kappa shape index (κ2) is 9.67. The molecule has 1 aliphatic rings. The van der Waals surface area contributed by atoms with Gasteiger partial charge in [-0.2, -0.15) is 4.98 Å². The molecule has 0 N–H and O–H groups in total. The summed E-state index contributed by atoms with van der Waals surface area (Å²) in [5.74, 6) is 2.85. The highest BCUT2D eigenvalue weighted by Crippen LogP contribution is 2.27. The lowest BCUT2D eigenvalue weighted by Crippen LogP contribution is -2.00. The lowest BCUT2D eigenvalue weighted by Gasteiger charge is -2.09. The zero-order valence-electron chi connectivity index (χ0n) is 15.3. The van der Waals surface area contributed by atoms with Gasteiger partial charge in [-0.1, -0.05) is 67.1 Å². The Kier molecular flexibility index (Phi) is 6.77. The number of benzene rings is 1. The summed E-state index contributed by atoms with van der Waals surface area (Å²) in [4.78, 5) is 22.1. The second-order valence-electron chi connectivity index (χ2n) is 6.51. The Balaban J connectivity index is 1.59. The van der Waals surface area contributed by atoms with E-state index in [2.05, 4.69) is 15.0 Å². The predicted octanol–water partition coefficient (Wildman–Crippen LogP) is 5.80. The highest BCUT2D eigenvalue weighted by atomic mass is 35.5. The smallest absolute Gasteiger partial charge is 0.222 e. The molecule has 5 nitrogen and oxygen atoms in total. The Hall–Kier alpha value is -1.70. The fraction of sp³-hybridized carbons (Fsp3) is 0.350. The summed E-state index contributed by atoms with van der Waals surface area (Å²) in [6.07, 6.45) is 9.77. The summed E-state index contributed by atoms with van der Waals surface area (Å²) in [6.45, 7) is 0. The van der Waals surface area contributed by atoms with Crippen LogP contribution in [0.3, 0.4) is 0 Å². The highest BCUT2D eigenvalue weighted by Gasteiger charge is 2.11. The average Bonchev–Trinajstić information content (AvgIpc) is 2.72. The molecule has 0 saturated heterocycles. The molecule has 1 aliphatic heterocycles. The van der Waals surface area contributed by atoms with Gasteiger partial charge in [-0.25, -0.2) is 19.9 Å². The van der Waals surface area contributed by atoms with Crippen LogP contribution in [0.4, 0.5) is 0 Å². The number of halogens is 1. The molecule has 0 aliphatic carbocycles. The van der Waals surface area contributed by atoms with Crippen molar-refractivity contribution < 1.29 is 0 Å². The van der Waals surface area contributed by atoms with Crippen molar-refractivity contribution in [3.63, 3.8) is 0 Å². The van der Waals surface area contributed by atoms with Gasteiger partial charge in [-0.3, -0.25) is 0 Å². The SMILES string of the molecule is Clc1ncc(-c2ccc(-c3nc4nc(n3)SCCCCCCCS4)cc2)cn1. The van der Waals surface area contributed by atoms with Gasteiger partial charge < -0.3 is 0 Å². The fourth-order valence-electron chi connectivity index (χ4n) is 2.93. The van der Waals surface area contributed by atoms with Crippen LogP contribution in [-0.2, 0) is 0 Å². The molecule has 0 spiro atoms. The van der Waals surface area contributed by atoms with Crippen molar-refractivity contribution in [1.82, 2.24) is 24.9 Å². The molecular weight excluding hydrogens is 410 g/mol. The highest BCUT2D eigenvalue weighted by molar-refractivity contribution is 7.99. The maximum Gasteiger partial charge on any atom is 0.222 e. The van der Waals surface area contributed by atoms with E-state index < -0.39 is 0 Å². The Morgan fingerprint density at radius 2 is 1.18 bits per heavy atom. The third-order valence-electron chi connectivity index (χ3n) is 4.44. The van der Waals surface area contributed by atoms with Crippen molar-refractivity contribution in [3.05, 3.63) is 41.9 Å². The molecule has 0 unspecified atom stereocenters. The molecule has 0 amide bonds. The minimum absolute atomic E-state index is 0.250. The predicted molar refractivity (Wildman–Crippen MR) is 116 cm³/mol.